The van der Waals surface area contributed by atoms with Crippen LogP contribution in [0.25, 0.3) is 0 Å². The maximum Gasteiger partial charge on any atom is 0.251 e. The number of amides is 1. The second kappa shape index (κ2) is 11.7. The molecule has 1 amide bonds. The van der Waals surface area contributed by atoms with Crippen molar-refractivity contribution in [3.63, 3.8) is 0 Å². The lowest BCUT2D eigenvalue weighted by Crippen LogP contribution is -2.44. The first-order valence-corrected chi connectivity index (χ1v) is 13.1. The van der Waals surface area contributed by atoms with E-state index in [1.54, 1.807) is 23.5 Å². The molecule has 1 aromatic carbocycles. The predicted molar refractivity (Wildman–Crippen MR) is 125 cm³/mol. The smallest absolute Gasteiger partial charge is 0.251 e. The summed E-state index contributed by atoms with van der Waals surface area (Å²) in [6.07, 6.45) is 2.64. The number of piperazine rings is 1. The van der Waals surface area contributed by atoms with E-state index in [4.69, 9.17) is 0 Å². The standard InChI is InChI=1S/C22H32N4O3S2/c1-25-14-16-26(17-15-25)13-3-2-11-23-22(27)19-6-8-21(9-7-19)31(28,29)24-12-10-20-5-4-18-30-20/h4-9,18,24H,2-3,10-17H2,1H3,(H,23,27). The van der Waals surface area contributed by atoms with Crippen molar-refractivity contribution >= 4 is 27.3 Å². The summed E-state index contributed by atoms with van der Waals surface area (Å²) in [4.78, 5) is 18.4. The van der Waals surface area contributed by atoms with Crippen molar-refractivity contribution in [2.45, 2.75) is 24.2 Å². The number of unbranched alkanes of at least 4 members (excludes halogenated alkanes) is 1. The molecule has 2 N–H and O–H groups in total. The monoisotopic (exact) mass is 464 g/mol. The van der Waals surface area contributed by atoms with Gasteiger partial charge in [0.1, 0.15) is 0 Å². The maximum absolute atomic E-state index is 12.4. The molecular formula is C22H32N4O3S2. The topological polar surface area (TPSA) is 81.8 Å². The Morgan fingerprint density at radius 2 is 1.77 bits per heavy atom. The summed E-state index contributed by atoms with van der Waals surface area (Å²) in [5.74, 6) is -0.172. The third-order valence-electron chi connectivity index (χ3n) is 5.45. The highest BCUT2D eigenvalue weighted by atomic mass is 32.2. The van der Waals surface area contributed by atoms with Gasteiger partial charge in [-0.15, -0.1) is 11.3 Å². The van der Waals surface area contributed by atoms with Crippen LogP contribution in [0.2, 0.25) is 0 Å². The molecule has 31 heavy (non-hydrogen) atoms. The van der Waals surface area contributed by atoms with Crippen LogP contribution >= 0.6 is 11.3 Å². The Morgan fingerprint density at radius 1 is 1.03 bits per heavy atom. The molecule has 3 rings (SSSR count). The molecule has 2 aromatic rings. The number of sulfonamides is 1. The summed E-state index contributed by atoms with van der Waals surface area (Å²) >= 11 is 1.61. The van der Waals surface area contributed by atoms with Crippen LogP contribution in [0.1, 0.15) is 28.1 Å². The van der Waals surface area contributed by atoms with Gasteiger partial charge in [0.05, 0.1) is 4.90 Å². The van der Waals surface area contributed by atoms with Crippen LogP contribution < -0.4 is 10.0 Å². The number of hydrogen-bond acceptors (Lipinski definition) is 6. The third-order valence-corrected chi connectivity index (χ3v) is 7.87. The minimum absolute atomic E-state index is 0.169. The van der Waals surface area contributed by atoms with Gasteiger partial charge in [0.25, 0.3) is 5.91 Å². The average molecular weight is 465 g/mol. The lowest BCUT2D eigenvalue weighted by molar-refractivity contribution is 0.0951. The summed E-state index contributed by atoms with van der Waals surface area (Å²) in [5.41, 5.74) is 0.469. The second-order valence-corrected chi connectivity index (χ2v) is 10.7. The number of nitrogens with one attached hydrogen (secondary N) is 2. The summed E-state index contributed by atoms with van der Waals surface area (Å²) in [6.45, 7) is 6.49. The number of carbonyl (C=O) groups excluding carboxylic acids is 1. The van der Waals surface area contributed by atoms with Crippen LogP contribution in [0.3, 0.4) is 0 Å². The van der Waals surface area contributed by atoms with E-state index in [9.17, 15) is 13.2 Å². The van der Waals surface area contributed by atoms with E-state index in [-0.39, 0.29) is 10.8 Å². The fourth-order valence-corrected chi connectivity index (χ4v) is 5.21. The molecule has 0 spiro atoms. The van der Waals surface area contributed by atoms with Crippen molar-refractivity contribution in [2.24, 2.45) is 0 Å². The van der Waals surface area contributed by atoms with E-state index in [1.165, 1.54) is 12.1 Å². The van der Waals surface area contributed by atoms with Crippen molar-refractivity contribution in [2.75, 3.05) is 52.9 Å². The molecular weight excluding hydrogens is 432 g/mol. The Kier molecular flexibility index (Phi) is 9.03. The highest BCUT2D eigenvalue weighted by molar-refractivity contribution is 7.89. The molecule has 0 unspecified atom stereocenters. The molecule has 1 saturated heterocycles. The highest BCUT2D eigenvalue weighted by Crippen LogP contribution is 2.12. The Bertz CT molecular complexity index is 907. The molecule has 0 saturated carbocycles. The summed E-state index contributed by atoms with van der Waals surface area (Å²) in [6, 6.07) is 10.0. The molecule has 2 heterocycles. The Labute approximate surface area is 189 Å². The van der Waals surface area contributed by atoms with Gasteiger partial charge in [-0.1, -0.05) is 6.07 Å². The van der Waals surface area contributed by atoms with Gasteiger partial charge in [-0.3, -0.25) is 4.79 Å². The molecule has 0 bridgehead atoms. The van der Waals surface area contributed by atoms with E-state index >= 15 is 0 Å². The Morgan fingerprint density at radius 3 is 2.45 bits per heavy atom. The largest absolute Gasteiger partial charge is 0.352 e. The minimum atomic E-state index is -3.58. The van der Waals surface area contributed by atoms with E-state index in [1.807, 2.05) is 17.5 Å². The molecule has 0 radical (unpaired) electrons. The number of thiophene rings is 1. The molecule has 1 aromatic heterocycles. The molecule has 9 heteroatoms. The van der Waals surface area contributed by atoms with Gasteiger partial charge in [0.15, 0.2) is 0 Å². The number of benzene rings is 1. The number of likely N-dealkylation sites (N-methyl/N-ethyl adjacent to an activating group) is 1. The fourth-order valence-electron chi connectivity index (χ4n) is 3.47. The normalized spacial score (nSPS) is 15.8. The van der Waals surface area contributed by atoms with Crippen molar-refractivity contribution in [1.29, 1.82) is 0 Å². The zero-order chi connectivity index (χ0) is 22.1. The zero-order valence-electron chi connectivity index (χ0n) is 18.0. The number of nitrogens with zero attached hydrogens (tertiary/aromatic N) is 2. The van der Waals surface area contributed by atoms with Gasteiger partial charge in [-0.05, 0) is 68.6 Å². The van der Waals surface area contributed by atoms with E-state index in [2.05, 4.69) is 26.9 Å². The van der Waals surface area contributed by atoms with Gasteiger partial charge < -0.3 is 15.1 Å². The van der Waals surface area contributed by atoms with Crippen molar-refractivity contribution in [3.8, 4) is 0 Å². The zero-order valence-corrected chi connectivity index (χ0v) is 19.7. The van der Waals surface area contributed by atoms with Crippen LogP contribution in [0.4, 0.5) is 0 Å². The first-order valence-electron chi connectivity index (χ1n) is 10.8. The van der Waals surface area contributed by atoms with Gasteiger partial charge in [-0.25, -0.2) is 13.1 Å². The van der Waals surface area contributed by atoms with Gasteiger partial charge in [0, 0.05) is 49.7 Å². The third kappa shape index (κ3) is 7.69. The van der Waals surface area contributed by atoms with Crippen LogP contribution in [-0.4, -0.2) is 77.0 Å². The number of carbonyl (C=O) groups is 1. The highest BCUT2D eigenvalue weighted by Gasteiger charge is 2.15. The fraction of sp³-hybridized carbons (Fsp3) is 0.500. The molecule has 1 aliphatic heterocycles. The van der Waals surface area contributed by atoms with E-state index < -0.39 is 10.0 Å². The lowest BCUT2D eigenvalue weighted by Gasteiger charge is -2.32. The minimum Gasteiger partial charge on any atom is -0.352 e. The quantitative estimate of drug-likeness (QED) is 0.498. The molecule has 1 aliphatic rings. The van der Waals surface area contributed by atoms with Crippen LogP contribution in [-0.2, 0) is 16.4 Å². The van der Waals surface area contributed by atoms with Crippen LogP contribution in [0.15, 0.2) is 46.7 Å². The van der Waals surface area contributed by atoms with Gasteiger partial charge in [0.2, 0.25) is 10.0 Å². The summed E-state index contributed by atoms with van der Waals surface area (Å²) in [5, 5.41) is 4.90. The lowest BCUT2D eigenvalue weighted by atomic mass is 10.2. The number of hydrogen-bond donors (Lipinski definition) is 2. The molecule has 1 fully saturated rings. The van der Waals surface area contributed by atoms with E-state index in [0.29, 0.717) is 25.1 Å². The van der Waals surface area contributed by atoms with Crippen LogP contribution in [0.5, 0.6) is 0 Å². The molecule has 0 atom stereocenters. The molecule has 0 aliphatic carbocycles. The predicted octanol–water partition coefficient (Wildman–Crippen LogP) is 2.03. The van der Waals surface area contributed by atoms with Gasteiger partial charge in [-0.2, -0.15) is 0 Å². The SMILES string of the molecule is CN1CCN(CCCCNC(=O)c2ccc(S(=O)(=O)NCCc3cccs3)cc2)CC1. The number of rotatable bonds is 11. The Balaban J connectivity index is 1.36. The Hall–Kier alpha value is -1.78. The van der Waals surface area contributed by atoms with Crippen molar-refractivity contribution < 1.29 is 13.2 Å². The molecule has 7 nitrogen and oxygen atoms in total. The van der Waals surface area contributed by atoms with E-state index in [0.717, 1.165) is 50.4 Å². The average Bonchev–Trinajstić information content (AvgIpc) is 3.28. The first kappa shape index (κ1) is 23.9. The first-order chi connectivity index (χ1) is 14.9. The van der Waals surface area contributed by atoms with Gasteiger partial charge >= 0.3 is 0 Å². The van der Waals surface area contributed by atoms with Crippen molar-refractivity contribution in [3.05, 3.63) is 52.2 Å². The van der Waals surface area contributed by atoms with Crippen molar-refractivity contribution in [1.82, 2.24) is 19.8 Å². The maximum atomic E-state index is 12.4. The molecule has 170 valence electrons. The summed E-state index contributed by atoms with van der Waals surface area (Å²) < 4.78 is 27.5. The van der Waals surface area contributed by atoms with Crippen LogP contribution in [0, 0.1) is 0 Å². The summed E-state index contributed by atoms with van der Waals surface area (Å²) in [7, 11) is -1.43. The second-order valence-electron chi connectivity index (χ2n) is 7.86.